The number of furan rings is 1. The molecule has 2 nitrogen and oxygen atoms in total. The predicted molar refractivity (Wildman–Crippen MR) is 273 cm³/mol. The van der Waals surface area contributed by atoms with Crippen molar-refractivity contribution >= 4 is 39.0 Å². The van der Waals surface area contributed by atoms with Gasteiger partial charge in [-0.2, -0.15) is 0 Å². The molecule has 14 rings (SSSR count). The van der Waals surface area contributed by atoms with E-state index in [0.717, 1.165) is 39.0 Å². The molecule has 0 aliphatic heterocycles. The molecule has 0 N–H and O–H groups in total. The van der Waals surface area contributed by atoms with E-state index in [1.54, 1.807) is 0 Å². The molecule has 2 heteroatoms. The first kappa shape index (κ1) is 37.2. The number of hydrogen-bond acceptors (Lipinski definition) is 2. The van der Waals surface area contributed by atoms with Crippen LogP contribution in [0.25, 0.3) is 77.6 Å². The van der Waals surface area contributed by atoms with Crippen molar-refractivity contribution in [2.45, 2.75) is 24.7 Å². The molecule has 0 radical (unpaired) electrons. The van der Waals surface area contributed by atoms with Crippen LogP contribution in [0.2, 0.25) is 0 Å². The lowest BCUT2D eigenvalue weighted by Gasteiger charge is -2.36. The zero-order chi connectivity index (χ0) is 43.7. The molecule has 0 saturated heterocycles. The Morgan fingerprint density at radius 3 is 1.59 bits per heavy atom. The van der Waals surface area contributed by atoms with Gasteiger partial charge in [0.15, 0.2) is 0 Å². The van der Waals surface area contributed by atoms with E-state index >= 15 is 0 Å². The Kier molecular flexibility index (Phi) is 7.70. The summed E-state index contributed by atoms with van der Waals surface area (Å²) in [5.74, 6) is 0. The fourth-order valence-electron chi connectivity index (χ4n) is 12.2. The van der Waals surface area contributed by atoms with Crippen LogP contribution in [0, 0.1) is 0 Å². The monoisotopic (exact) mass is 841 g/mol. The zero-order valence-electron chi connectivity index (χ0n) is 36.7. The fourth-order valence-corrected chi connectivity index (χ4v) is 12.2. The topological polar surface area (TPSA) is 16.4 Å². The van der Waals surface area contributed by atoms with Crippen molar-refractivity contribution in [3.8, 4) is 55.6 Å². The van der Waals surface area contributed by atoms with E-state index in [1.807, 2.05) is 0 Å². The zero-order valence-corrected chi connectivity index (χ0v) is 36.7. The van der Waals surface area contributed by atoms with Gasteiger partial charge in [-0.25, -0.2) is 0 Å². The summed E-state index contributed by atoms with van der Waals surface area (Å²) in [7, 11) is 0. The van der Waals surface area contributed by atoms with Crippen molar-refractivity contribution in [3.63, 3.8) is 0 Å². The second-order valence-electron chi connectivity index (χ2n) is 18.7. The summed E-state index contributed by atoms with van der Waals surface area (Å²) in [4.78, 5) is 2.51. The third kappa shape index (κ3) is 4.96. The van der Waals surface area contributed by atoms with Gasteiger partial charge < -0.3 is 9.32 Å². The molecule has 0 amide bonds. The maximum atomic E-state index is 6.60. The SMILES string of the molecule is CC1(C)c2ccccc2-c2ccc(N(c3ccc4c(c3)-c3ccccc3-c3ccccc3C43c4ccccc4-c4cc5oc6ccccc6c5cc43)c3ccccc3-c3ccccc3)cc21. The van der Waals surface area contributed by atoms with E-state index in [0.29, 0.717) is 0 Å². The van der Waals surface area contributed by atoms with Crippen molar-refractivity contribution in [1.29, 1.82) is 0 Å². The number of fused-ring (bicyclic) bond motifs is 18. The smallest absolute Gasteiger partial charge is 0.136 e. The van der Waals surface area contributed by atoms with Gasteiger partial charge in [0, 0.05) is 33.1 Å². The number of nitrogens with zero attached hydrogens (tertiary/aromatic N) is 1. The minimum Gasteiger partial charge on any atom is -0.456 e. The summed E-state index contributed by atoms with van der Waals surface area (Å²) in [5.41, 5.74) is 24.6. The van der Waals surface area contributed by atoms with Gasteiger partial charge in [-0.1, -0.05) is 190 Å². The van der Waals surface area contributed by atoms with E-state index in [2.05, 4.69) is 243 Å². The standard InChI is InChI=1S/C64H43NO/c1-63(2)54-27-13-8-24-47(54)49-34-32-42(37-58(49)63)65(60-30-16-11-20-43(60)40-18-4-3-5-19-40)41-33-35-57-51(36-41)45-22-7-6-21-44(45)46-23-9-14-28-55(46)64(57)56-29-15-10-25-48(56)52-39-62-53(38-59(52)64)50-26-12-17-31-61(50)66-62/h3-39H,1-2H3. The lowest BCUT2D eigenvalue weighted by atomic mass is 9.65. The highest BCUT2D eigenvalue weighted by atomic mass is 16.3. The highest BCUT2D eigenvalue weighted by Crippen LogP contribution is 2.63. The quantitative estimate of drug-likeness (QED) is 0.176. The minimum absolute atomic E-state index is 0.160. The number of anilines is 3. The van der Waals surface area contributed by atoms with E-state index in [9.17, 15) is 0 Å². The number of rotatable bonds is 4. The number of para-hydroxylation sites is 2. The second-order valence-corrected chi connectivity index (χ2v) is 18.7. The van der Waals surface area contributed by atoms with Crippen molar-refractivity contribution in [1.82, 2.24) is 0 Å². The van der Waals surface area contributed by atoms with Crippen molar-refractivity contribution in [2.75, 3.05) is 4.90 Å². The minimum atomic E-state index is -0.641. The third-order valence-electron chi connectivity index (χ3n) is 15.1. The van der Waals surface area contributed by atoms with Crippen LogP contribution in [0.1, 0.15) is 47.2 Å². The van der Waals surface area contributed by atoms with Gasteiger partial charge in [0.1, 0.15) is 11.2 Å². The lowest BCUT2D eigenvalue weighted by Crippen LogP contribution is -2.29. The van der Waals surface area contributed by atoms with Crippen molar-refractivity contribution in [3.05, 3.63) is 258 Å². The Labute approximate surface area is 384 Å². The van der Waals surface area contributed by atoms with Gasteiger partial charge in [-0.3, -0.25) is 0 Å². The van der Waals surface area contributed by atoms with Crippen LogP contribution in [-0.2, 0) is 10.8 Å². The van der Waals surface area contributed by atoms with Gasteiger partial charge in [0.2, 0.25) is 0 Å². The molecule has 1 spiro atoms. The summed E-state index contributed by atoms with van der Waals surface area (Å²) in [6.07, 6.45) is 0. The van der Waals surface area contributed by atoms with Crippen LogP contribution in [0.4, 0.5) is 17.1 Å². The third-order valence-corrected chi connectivity index (χ3v) is 15.1. The molecule has 3 aliphatic rings. The van der Waals surface area contributed by atoms with E-state index < -0.39 is 5.41 Å². The normalized spacial score (nSPS) is 15.6. The second kappa shape index (κ2) is 13.7. The summed E-state index contributed by atoms with van der Waals surface area (Å²) in [6, 6.07) is 83.6. The van der Waals surface area contributed by atoms with Crippen molar-refractivity contribution < 1.29 is 4.42 Å². The Hall–Kier alpha value is -8.20. The van der Waals surface area contributed by atoms with Crippen LogP contribution in [0.5, 0.6) is 0 Å². The molecule has 0 fully saturated rings. The van der Waals surface area contributed by atoms with Gasteiger partial charge >= 0.3 is 0 Å². The molecule has 1 aromatic heterocycles. The van der Waals surface area contributed by atoms with Gasteiger partial charge in [0.05, 0.1) is 11.1 Å². The Morgan fingerprint density at radius 2 is 0.833 bits per heavy atom. The molecule has 1 heterocycles. The average molecular weight is 842 g/mol. The first-order valence-corrected chi connectivity index (χ1v) is 23.1. The Morgan fingerprint density at radius 1 is 0.318 bits per heavy atom. The summed E-state index contributed by atoms with van der Waals surface area (Å²) in [6.45, 7) is 4.75. The van der Waals surface area contributed by atoms with E-state index in [1.165, 1.54) is 89.0 Å². The molecule has 1 unspecified atom stereocenters. The molecule has 11 aromatic rings. The van der Waals surface area contributed by atoms with Gasteiger partial charge in [-0.05, 0) is 132 Å². The molecule has 10 aromatic carbocycles. The molecular weight excluding hydrogens is 799 g/mol. The maximum absolute atomic E-state index is 6.60. The van der Waals surface area contributed by atoms with Crippen LogP contribution in [0.15, 0.2) is 229 Å². The summed E-state index contributed by atoms with van der Waals surface area (Å²) >= 11 is 0. The highest BCUT2D eigenvalue weighted by Gasteiger charge is 2.50. The number of hydrogen-bond donors (Lipinski definition) is 0. The molecular formula is C64H43NO. The Bertz CT molecular complexity index is 3810. The Balaban J connectivity index is 1.08. The average Bonchev–Trinajstić information content (AvgIpc) is 3.93. The first-order chi connectivity index (χ1) is 32.5. The van der Waals surface area contributed by atoms with Crippen LogP contribution in [-0.4, -0.2) is 0 Å². The van der Waals surface area contributed by atoms with Crippen molar-refractivity contribution in [2.24, 2.45) is 0 Å². The van der Waals surface area contributed by atoms with Gasteiger partial charge in [-0.15, -0.1) is 0 Å². The highest BCUT2D eigenvalue weighted by molar-refractivity contribution is 6.09. The van der Waals surface area contributed by atoms with E-state index in [4.69, 9.17) is 4.42 Å². The van der Waals surface area contributed by atoms with Crippen LogP contribution in [0.3, 0.4) is 0 Å². The molecule has 66 heavy (non-hydrogen) atoms. The molecule has 0 saturated carbocycles. The lowest BCUT2D eigenvalue weighted by molar-refractivity contribution is 0.660. The first-order valence-electron chi connectivity index (χ1n) is 23.1. The largest absolute Gasteiger partial charge is 0.456 e. The van der Waals surface area contributed by atoms with Crippen LogP contribution < -0.4 is 4.90 Å². The summed E-state index contributed by atoms with van der Waals surface area (Å²) < 4.78 is 6.60. The summed E-state index contributed by atoms with van der Waals surface area (Å²) in [5, 5.41) is 2.27. The predicted octanol–water partition coefficient (Wildman–Crippen LogP) is 17.0. The number of benzene rings is 10. The van der Waals surface area contributed by atoms with E-state index in [-0.39, 0.29) is 5.41 Å². The molecule has 310 valence electrons. The fraction of sp³-hybridized carbons (Fsp3) is 0.0625. The van der Waals surface area contributed by atoms with Crippen LogP contribution >= 0.6 is 0 Å². The molecule has 3 aliphatic carbocycles. The molecule has 1 atom stereocenters. The molecule has 0 bridgehead atoms. The van der Waals surface area contributed by atoms with Gasteiger partial charge in [0.25, 0.3) is 0 Å². The maximum Gasteiger partial charge on any atom is 0.136 e.